The third-order valence-electron chi connectivity index (χ3n) is 2.91. The van der Waals surface area contributed by atoms with E-state index >= 15 is 0 Å². The maximum Gasteiger partial charge on any atom is 0.0950 e. The van der Waals surface area contributed by atoms with Gasteiger partial charge in [0, 0.05) is 37.8 Å². The van der Waals surface area contributed by atoms with Crippen LogP contribution in [-0.2, 0) is 0 Å². The Morgan fingerprint density at radius 1 is 1.41 bits per heavy atom. The van der Waals surface area contributed by atoms with Crippen LogP contribution in [0.1, 0.15) is 18.0 Å². The lowest BCUT2D eigenvalue weighted by Gasteiger charge is -2.33. The van der Waals surface area contributed by atoms with Gasteiger partial charge in [-0.2, -0.15) is 0 Å². The molecule has 2 rings (SSSR count). The summed E-state index contributed by atoms with van der Waals surface area (Å²) in [5.41, 5.74) is 1.26. The molecule has 0 aromatic carbocycles. The molecule has 0 aliphatic carbocycles. The van der Waals surface area contributed by atoms with Crippen molar-refractivity contribution < 1.29 is 4.42 Å². The van der Waals surface area contributed by atoms with Crippen LogP contribution in [0.3, 0.4) is 0 Å². The summed E-state index contributed by atoms with van der Waals surface area (Å²) in [6.07, 6.45) is 6.56. The molecule has 3 nitrogen and oxygen atoms in total. The summed E-state index contributed by atoms with van der Waals surface area (Å²) in [5.74, 6) is 0. The van der Waals surface area contributed by atoms with Gasteiger partial charge >= 0.3 is 0 Å². The SMILES string of the molecule is C=CC[C@@H](c1ccoc1)N1CCNCC1.Cl.Cl. The molecule has 1 aromatic rings. The average molecular weight is 279 g/mol. The first kappa shape index (κ1) is 16.5. The molecule has 5 heteroatoms. The van der Waals surface area contributed by atoms with Gasteiger partial charge in [-0.1, -0.05) is 6.08 Å². The lowest BCUT2D eigenvalue weighted by atomic mass is 10.0. The number of hydrogen-bond donors (Lipinski definition) is 1. The normalized spacial score (nSPS) is 17.6. The zero-order chi connectivity index (χ0) is 10.5. The molecule has 1 fully saturated rings. The van der Waals surface area contributed by atoms with Gasteiger partial charge in [-0.25, -0.2) is 0 Å². The van der Waals surface area contributed by atoms with Crippen LogP contribution in [0.5, 0.6) is 0 Å². The molecule has 0 saturated carbocycles. The molecule has 0 spiro atoms. The smallest absolute Gasteiger partial charge is 0.0950 e. The lowest BCUT2D eigenvalue weighted by molar-refractivity contribution is 0.174. The Kier molecular flexibility index (Phi) is 8.35. The molecule has 1 saturated heterocycles. The molecule has 1 aliphatic rings. The Bertz CT molecular complexity index is 297. The quantitative estimate of drug-likeness (QED) is 0.859. The number of nitrogens with zero attached hydrogens (tertiary/aromatic N) is 1. The summed E-state index contributed by atoms with van der Waals surface area (Å²) in [6, 6.07) is 2.49. The highest BCUT2D eigenvalue weighted by molar-refractivity contribution is 5.85. The van der Waals surface area contributed by atoms with Gasteiger partial charge in [-0.15, -0.1) is 31.4 Å². The Labute approximate surface area is 115 Å². The van der Waals surface area contributed by atoms with Crippen LogP contribution in [0.15, 0.2) is 35.7 Å². The fraction of sp³-hybridized carbons (Fsp3) is 0.500. The molecule has 1 N–H and O–H groups in total. The zero-order valence-electron chi connectivity index (χ0n) is 9.80. The Morgan fingerprint density at radius 2 is 2.12 bits per heavy atom. The van der Waals surface area contributed by atoms with Gasteiger partial charge < -0.3 is 9.73 Å². The second-order valence-corrected chi connectivity index (χ2v) is 3.88. The van der Waals surface area contributed by atoms with Crippen molar-refractivity contribution in [1.82, 2.24) is 10.2 Å². The molecule has 0 amide bonds. The fourth-order valence-corrected chi connectivity index (χ4v) is 2.11. The molecule has 98 valence electrons. The monoisotopic (exact) mass is 278 g/mol. The highest BCUT2D eigenvalue weighted by Gasteiger charge is 2.21. The van der Waals surface area contributed by atoms with E-state index in [1.807, 2.05) is 12.3 Å². The van der Waals surface area contributed by atoms with Crippen molar-refractivity contribution in [3.8, 4) is 0 Å². The van der Waals surface area contributed by atoms with E-state index in [1.54, 1.807) is 6.26 Å². The molecule has 2 heterocycles. The van der Waals surface area contributed by atoms with E-state index in [-0.39, 0.29) is 24.8 Å². The topological polar surface area (TPSA) is 28.4 Å². The molecular weight excluding hydrogens is 259 g/mol. The van der Waals surface area contributed by atoms with Crippen molar-refractivity contribution in [2.24, 2.45) is 0 Å². The summed E-state index contributed by atoms with van der Waals surface area (Å²) in [7, 11) is 0. The van der Waals surface area contributed by atoms with Crippen LogP contribution in [-0.4, -0.2) is 31.1 Å². The van der Waals surface area contributed by atoms with Gasteiger partial charge in [0.2, 0.25) is 0 Å². The molecule has 0 radical (unpaired) electrons. The van der Waals surface area contributed by atoms with Crippen molar-refractivity contribution >= 4 is 24.8 Å². The van der Waals surface area contributed by atoms with E-state index < -0.39 is 0 Å². The van der Waals surface area contributed by atoms with Crippen LogP contribution < -0.4 is 5.32 Å². The second kappa shape index (κ2) is 8.59. The Balaban J connectivity index is 0.00000128. The number of halogens is 2. The molecule has 17 heavy (non-hydrogen) atoms. The third-order valence-corrected chi connectivity index (χ3v) is 2.91. The van der Waals surface area contributed by atoms with Crippen LogP contribution in [0.25, 0.3) is 0 Å². The van der Waals surface area contributed by atoms with Crippen molar-refractivity contribution in [3.05, 3.63) is 36.8 Å². The maximum absolute atomic E-state index is 5.16. The molecule has 1 aliphatic heterocycles. The highest BCUT2D eigenvalue weighted by Crippen LogP contribution is 2.25. The summed E-state index contributed by atoms with van der Waals surface area (Å²) in [5, 5.41) is 3.37. The molecule has 0 unspecified atom stereocenters. The van der Waals surface area contributed by atoms with E-state index in [9.17, 15) is 0 Å². The minimum Gasteiger partial charge on any atom is -0.472 e. The summed E-state index contributed by atoms with van der Waals surface area (Å²) < 4.78 is 5.16. The van der Waals surface area contributed by atoms with Crippen LogP contribution in [0.4, 0.5) is 0 Å². The Morgan fingerprint density at radius 3 is 2.65 bits per heavy atom. The van der Waals surface area contributed by atoms with Crippen LogP contribution in [0.2, 0.25) is 0 Å². The first-order valence-electron chi connectivity index (χ1n) is 5.49. The number of rotatable bonds is 4. The number of piperazine rings is 1. The molecule has 0 bridgehead atoms. The molecule has 1 atom stereocenters. The van der Waals surface area contributed by atoms with E-state index in [0.717, 1.165) is 32.6 Å². The van der Waals surface area contributed by atoms with E-state index in [2.05, 4.69) is 22.9 Å². The number of hydrogen-bond acceptors (Lipinski definition) is 3. The summed E-state index contributed by atoms with van der Waals surface area (Å²) in [6.45, 7) is 8.18. The van der Waals surface area contributed by atoms with E-state index in [0.29, 0.717) is 6.04 Å². The van der Waals surface area contributed by atoms with Gasteiger partial charge in [0.05, 0.1) is 12.5 Å². The zero-order valence-corrected chi connectivity index (χ0v) is 11.4. The molecule has 1 aromatic heterocycles. The van der Waals surface area contributed by atoms with Gasteiger partial charge in [0.15, 0.2) is 0 Å². The predicted molar refractivity (Wildman–Crippen MR) is 75.2 cm³/mol. The lowest BCUT2D eigenvalue weighted by Crippen LogP contribution is -2.45. The third kappa shape index (κ3) is 4.36. The first-order valence-corrected chi connectivity index (χ1v) is 5.49. The fourth-order valence-electron chi connectivity index (χ4n) is 2.11. The first-order chi connectivity index (χ1) is 7.42. The Hall–Kier alpha value is -0.480. The van der Waals surface area contributed by atoms with Crippen LogP contribution >= 0.6 is 24.8 Å². The largest absolute Gasteiger partial charge is 0.472 e. The summed E-state index contributed by atoms with van der Waals surface area (Å²) >= 11 is 0. The minimum absolute atomic E-state index is 0. The second-order valence-electron chi connectivity index (χ2n) is 3.88. The molecular formula is C12H20Cl2N2O. The van der Waals surface area contributed by atoms with Crippen molar-refractivity contribution in [3.63, 3.8) is 0 Å². The maximum atomic E-state index is 5.16. The van der Waals surface area contributed by atoms with E-state index in [4.69, 9.17) is 4.42 Å². The van der Waals surface area contributed by atoms with Gasteiger partial charge in [-0.3, -0.25) is 4.90 Å². The number of furan rings is 1. The van der Waals surface area contributed by atoms with Crippen LogP contribution in [0, 0.1) is 0 Å². The standard InChI is InChI=1S/C12H18N2O.2ClH/c1-2-3-12(11-4-9-15-10-11)14-7-5-13-6-8-14;;/h2,4,9-10,12-13H,1,3,5-8H2;2*1H/t12-;;/m0../s1. The van der Waals surface area contributed by atoms with Gasteiger partial charge in [0.25, 0.3) is 0 Å². The minimum atomic E-state index is 0. The van der Waals surface area contributed by atoms with Crippen molar-refractivity contribution in [2.45, 2.75) is 12.5 Å². The van der Waals surface area contributed by atoms with E-state index in [1.165, 1.54) is 5.56 Å². The van der Waals surface area contributed by atoms with Crippen molar-refractivity contribution in [2.75, 3.05) is 26.2 Å². The predicted octanol–water partition coefficient (Wildman–Crippen LogP) is 2.65. The van der Waals surface area contributed by atoms with Crippen molar-refractivity contribution in [1.29, 1.82) is 0 Å². The summed E-state index contributed by atoms with van der Waals surface area (Å²) in [4.78, 5) is 2.49. The highest BCUT2D eigenvalue weighted by atomic mass is 35.5. The average Bonchev–Trinajstić information content (AvgIpc) is 2.80. The van der Waals surface area contributed by atoms with Gasteiger partial charge in [-0.05, 0) is 12.5 Å². The number of nitrogens with one attached hydrogen (secondary N) is 1. The van der Waals surface area contributed by atoms with Gasteiger partial charge in [0.1, 0.15) is 0 Å².